The van der Waals surface area contributed by atoms with Crippen LogP contribution in [0.2, 0.25) is 10.0 Å². The molecule has 3 rings (SSSR count). The highest BCUT2D eigenvalue weighted by Crippen LogP contribution is 2.30. The molecular formula is C20H19Cl2NO4. The molecule has 1 aliphatic rings. The molecule has 5 nitrogen and oxygen atoms in total. The molecule has 2 aromatic carbocycles. The molecule has 0 spiro atoms. The Kier molecular flexibility index (Phi) is 6.37. The zero-order valence-electron chi connectivity index (χ0n) is 14.8. The first-order valence-electron chi connectivity index (χ1n) is 8.40. The highest BCUT2D eigenvalue weighted by Gasteiger charge is 2.47. The van der Waals surface area contributed by atoms with E-state index in [2.05, 4.69) is 5.16 Å². The lowest BCUT2D eigenvalue weighted by atomic mass is 9.90. The first kappa shape index (κ1) is 19.7. The number of halogens is 2. The molecule has 7 heteroatoms. The summed E-state index contributed by atoms with van der Waals surface area (Å²) in [6.07, 6.45) is 0.672. The van der Waals surface area contributed by atoms with E-state index in [0.717, 1.165) is 11.1 Å². The summed E-state index contributed by atoms with van der Waals surface area (Å²) in [5.41, 5.74) is 1.22. The van der Waals surface area contributed by atoms with Gasteiger partial charge in [0.1, 0.15) is 0 Å². The highest BCUT2D eigenvalue weighted by molar-refractivity contribution is 6.33. The number of carbonyl (C=O) groups excluding carboxylic acids is 1. The van der Waals surface area contributed by atoms with Crippen LogP contribution in [-0.4, -0.2) is 31.0 Å². The van der Waals surface area contributed by atoms with Crippen molar-refractivity contribution in [3.63, 3.8) is 0 Å². The van der Waals surface area contributed by atoms with Crippen LogP contribution >= 0.6 is 23.2 Å². The van der Waals surface area contributed by atoms with E-state index in [1.54, 1.807) is 18.2 Å². The standard InChI is InChI=1S/C20H19Cl2NO4/c1-25-19(24)20(10-14-5-3-2-4-6-14)11-17(23-27-20)13-26-12-15-9-16(21)7-8-18(15)22/h2-9H,10-13H2,1H3. The van der Waals surface area contributed by atoms with Crippen molar-refractivity contribution in [3.05, 3.63) is 69.7 Å². The van der Waals surface area contributed by atoms with Crippen LogP contribution in [0.3, 0.4) is 0 Å². The van der Waals surface area contributed by atoms with Crippen molar-refractivity contribution in [1.29, 1.82) is 0 Å². The van der Waals surface area contributed by atoms with Crippen molar-refractivity contribution in [3.8, 4) is 0 Å². The molecular weight excluding hydrogens is 389 g/mol. The molecule has 27 heavy (non-hydrogen) atoms. The van der Waals surface area contributed by atoms with E-state index in [1.807, 2.05) is 30.3 Å². The summed E-state index contributed by atoms with van der Waals surface area (Å²) in [6, 6.07) is 14.8. The van der Waals surface area contributed by atoms with Gasteiger partial charge >= 0.3 is 5.97 Å². The maximum atomic E-state index is 12.4. The minimum Gasteiger partial charge on any atom is -0.466 e. The summed E-state index contributed by atoms with van der Waals surface area (Å²) < 4.78 is 10.6. The van der Waals surface area contributed by atoms with Crippen molar-refractivity contribution in [2.45, 2.75) is 25.0 Å². The zero-order chi connectivity index (χ0) is 19.3. The number of ether oxygens (including phenoxy) is 2. The third-order valence-electron chi connectivity index (χ3n) is 4.26. The number of rotatable bonds is 7. The number of oxime groups is 1. The monoisotopic (exact) mass is 407 g/mol. The molecule has 0 saturated heterocycles. The van der Waals surface area contributed by atoms with Crippen LogP contribution in [0.15, 0.2) is 53.7 Å². The first-order valence-corrected chi connectivity index (χ1v) is 9.16. The minimum absolute atomic E-state index is 0.219. The van der Waals surface area contributed by atoms with Crippen LogP contribution in [-0.2, 0) is 32.1 Å². The lowest BCUT2D eigenvalue weighted by Crippen LogP contribution is -2.42. The third kappa shape index (κ3) is 4.80. The predicted octanol–water partition coefficient (Wildman–Crippen LogP) is 4.44. The van der Waals surface area contributed by atoms with Gasteiger partial charge in [0.05, 0.1) is 26.0 Å². The minimum atomic E-state index is -1.16. The lowest BCUT2D eigenvalue weighted by molar-refractivity contribution is -0.166. The Bertz CT molecular complexity index is 841. The van der Waals surface area contributed by atoms with Crippen molar-refractivity contribution in [1.82, 2.24) is 0 Å². The summed E-state index contributed by atoms with van der Waals surface area (Å²) in [7, 11) is 1.34. The first-order chi connectivity index (χ1) is 13.0. The molecule has 0 saturated carbocycles. The number of methoxy groups -OCH3 is 1. The van der Waals surface area contributed by atoms with Crippen molar-refractivity contribution in [2.75, 3.05) is 13.7 Å². The van der Waals surface area contributed by atoms with Gasteiger partial charge in [-0.3, -0.25) is 0 Å². The van der Waals surface area contributed by atoms with Crippen LogP contribution in [0.5, 0.6) is 0 Å². The summed E-state index contributed by atoms with van der Waals surface area (Å²) in [6.45, 7) is 0.499. The summed E-state index contributed by atoms with van der Waals surface area (Å²) >= 11 is 12.1. The van der Waals surface area contributed by atoms with Gasteiger partial charge in [-0.05, 0) is 29.3 Å². The van der Waals surface area contributed by atoms with Gasteiger partial charge in [0.25, 0.3) is 0 Å². The fraction of sp³-hybridized carbons (Fsp3) is 0.300. The Labute approximate surface area is 167 Å². The van der Waals surface area contributed by atoms with E-state index in [1.165, 1.54) is 7.11 Å². The largest absolute Gasteiger partial charge is 0.466 e. The molecule has 142 valence electrons. The molecule has 0 N–H and O–H groups in total. The molecule has 0 bridgehead atoms. The second kappa shape index (κ2) is 8.74. The fourth-order valence-electron chi connectivity index (χ4n) is 2.94. The van der Waals surface area contributed by atoms with Crippen LogP contribution < -0.4 is 0 Å². The molecule has 2 aromatic rings. The van der Waals surface area contributed by atoms with Gasteiger partial charge in [0.2, 0.25) is 5.60 Å². The number of benzene rings is 2. The van der Waals surface area contributed by atoms with Crippen LogP contribution in [0, 0.1) is 0 Å². The average Bonchev–Trinajstić information content (AvgIpc) is 3.08. The van der Waals surface area contributed by atoms with Gasteiger partial charge in [-0.15, -0.1) is 0 Å². The Balaban J connectivity index is 1.61. The third-order valence-corrected chi connectivity index (χ3v) is 4.87. The molecule has 1 atom stereocenters. The average molecular weight is 408 g/mol. The molecule has 0 radical (unpaired) electrons. The number of carbonyl (C=O) groups is 1. The van der Waals surface area contributed by atoms with E-state index in [-0.39, 0.29) is 13.2 Å². The molecule has 1 heterocycles. The summed E-state index contributed by atoms with van der Waals surface area (Å²) in [5.74, 6) is -0.456. The summed E-state index contributed by atoms with van der Waals surface area (Å²) in [4.78, 5) is 17.9. The van der Waals surface area contributed by atoms with Gasteiger partial charge in [-0.25, -0.2) is 4.79 Å². The van der Waals surface area contributed by atoms with Gasteiger partial charge in [-0.2, -0.15) is 0 Å². The van der Waals surface area contributed by atoms with Crippen molar-refractivity contribution >= 4 is 34.9 Å². The molecule has 0 aromatic heterocycles. The van der Waals surface area contributed by atoms with Crippen LogP contribution in [0.4, 0.5) is 0 Å². The highest BCUT2D eigenvalue weighted by atomic mass is 35.5. The van der Waals surface area contributed by atoms with Crippen molar-refractivity contribution in [2.24, 2.45) is 5.16 Å². The van der Waals surface area contributed by atoms with E-state index in [9.17, 15) is 4.79 Å². The second-order valence-corrected chi connectivity index (χ2v) is 7.15. The van der Waals surface area contributed by atoms with E-state index in [4.69, 9.17) is 37.5 Å². The normalized spacial score (nSPS) is 18.7. The SMILES string of the molecule is COC(=O)C1(Cc2ccccc2)CC(COCc2cc(Cl)ccc2Cl)=NO1. The maximum Gasteiger partial charge on any atom is 0.353 e. The molecule has 0 aliphatic carbocycles. The van der Waals surface area contributed by atoms with E-state index in [0.29, 0.717) is 28.6 Å². The van der Waals surface area contributed by atoms with Gasteiger partial charge in [0, 0.05) is 22.9 Å². The lowest BCUT2D eigenvalue weighted by Gasteiger charge is -2.23. The number of hydrogen-bond acceptors (Lipinski definition) is 5. The molecule has 0 fully saturated rings. The topological polar surface area (TPSA) is 57.1 Å². The quantitative estimate of drug-likeness (QED) is 0.636. The Morgan fingerprint density at radius 3 is 2.70 bits per heavy atom. The second-order valence-electron chi connectivity index (χ2n) is 6.30. The fourth-order valence-corrected chi connectivity index (χ4v) is 3.31. The number of hydrogen-bond donors (Lipinski definition) is 0. The zero-order valence-corrected chi connectivity index (χ0v) is 16.3. The van der Waals surface area contributed by atoms with Gasteiger partial charge < -0.3 is 14.3 Å². The van der Waals surface area contributed by atoms with E-state index < -0.39 is 11.6 Å². The Morgan fingerprint density at radius 1 is 1.19 bits per heavy atom. The molecule has 1 unspecified atom stereocenters. The predicted molar refractivity (Wildman–Crippen MR) is 104 cm³/mol. The van der Waals surface area contributed by atoms with Crippen LogP contribution in [0.25, 0.3) is 0 Å². The van der Waals surface area contributed by atoms with Crippen molar-refractivity contribution < 1.29 is 19.1 Å². The number of esters is 1. The Morgan fingerprint density at radius 2 is 1.96 bits per heavy atom. The smallest absolute Gasteiger partial charge is 0.353 e. The van der Waals surface area contributed by atoms with Gasteiger partial charge in [-0.1, -0.05) is 58.7 Å². The van der Waals surface area contributed by atoms with Crippen LogP contribution in [0.1, 0.15) is 17.5 Å². The maximum absolute atomic E-state index is 12.4. The van der Waals surface area contributed by atoms with E-state index >= 15 is 0 Å². The Hall–Kier alpha value is -2.08. The molecule has 0 amide bonds. The summed E-state index contributed by atoms with van der Waals surface area (Å²) in [5, 5.41) is 5.23. The van der Waals surface area contributed by atoms with Gasteiger partial charge in [0.15, 0.2) is 0 Å². The molecule has 1 aliphatic heterocycles. The number of nitrogens with zero attached hydrogens (tertiary/aromatic N) is 1.